The summed E-state index contributed by atoms with van der Waals surface area (Å²) < 4.78 is 1.96. The maximum atomic E-state index is 10.5. The highest BCUT2D eigenvalue weighted by Crippen LogP contribution is 1.89. The summed E-state index contributed by atoms with van der Waals surface area (Å²) in [7, 11) is 0. The fraction of sp³-hybridized carbons (Fsp3) is 0.333. The molecule has 0 atom stereocenters. The smallest absolute Gasteiger partial charge is 0.223 e. The number of carbonyl (C=O) groups is 1. The quantitative estimate of drug-likeness (QED) is 0.637. The van der Waals surface area contributed by atoms with Gasteiger partial charge >= 0.3 is 0 Å². The van der Waals surface area contributed by atoms with Crippen molar-refractivity contribution in [2.45, 2.75) is 19.9 Å². The lowest BCUT2D eigenvalue weighted by molar-refractivity contribution is -0.696. The maximum absolute atomic E-state index is 10.5. The molecule has 0 aromatic carbocycles. The Kier molecular flexibility index (Phi) is 2.80. The molecule has 3 nitrogen and oxygen atoms in total. The molecule has 0 aliphatic heterocycles. The second kappa shape index (κ2) is 3.85. The molecule has 0 spiro atoms. The molecule has 1 amide bonds. The van der Waals surface area contributed by atoms with Crippen LogP contribution in [0.25, 0.3) is 0 Å². The lowest BCUT2D eigenvalue weighted by Gasteiger charge is -1.94. The van der Waals surface area contributed by atoms with Crippen molar-refractivity contribution >= 4 is 5.91 Å². The van der Waals surface area contributed by atoms with E-state index in [0.717, 1.165) is 0 Å². The lowest BCUT2D eigenvalue weighted by atomic mass is 10.3. The first-order valence-electron chi connectivity index (χ1n) is 3.92. The molecule has 0 saturated heterocycles. The molecule has 1 aromatic rings. The zero-order valence-electron chi connectivity index (χ0n) is 7.16. The average molecular weight is 165 g/mol. The summed E-state index contributed by atoms with van der Waals surface area (Å²) in [4.78, 5) is 10.5. The summed E-state index contributed by atoms with van der Waals surface area (Å²) >= 11 is 0. The van der Waals surface area contributed by atoms with Crippen molar-refractivity contribution in [1.82, 2.24) is 0 Å². The zero-order valence-corrected chi connectivity index (χ0v) is 7.16. The fourth-order valence-corrected chi connectivity index (χ4v) is 1.03. The molecule has 12 heavy (non-hydrogen) atoms. The van der Waals surface area contributed by atoms with E-state index in [1.807, 2.05) is 36.0 Å². The second-order valence-electron chi connectivity index (χ2n) is 2.84. The van der Waals surface area contributed by atoms with E-state index >= 15 is 0 Å². The lowest BCUT2D eigenvalue weighted by Crippen LogP contribution is -2.35. The molecule has 0 unspecified atom stereocenters. The van der Waals surface area contributed by atoms with Gasteiger partial charge in [-0.25, -0.2) is 4.57 Å². The van der Waals surface area contributed by atoms with Gasteiger partial charge in [0.2, 0.25) is 5.91 Å². The minimum atomic E-state index is -0.260. The molecular formula is C9H13N2O+. The third-order valence-corrected chi connectivity index (χ3v) is 1.62. The molecule has 2 N–H and O–H groups in total. The Morgan fingerprint density at radius 2 is 2.42 bits per heavy atom. The third kappa shape index (κ3) is 2.70. The van der Waals surface area contributed by atoms with Gasteiger partial charge in [-0.05, 0) is 13.0 Å². The number of hydrogen-bond donors (Lipinski definition) is 1. The van der Waals surface area contributed by atoms with E-state index in [1.165, 1.54) is 5.56 Å². The van der Waals surface area contributed by atoms with E-state index in [1.54, 1.807) is 0 Å². The minimum absolute atomic E-state index is 0.260. The predicted molar refractivity (Wildman–Crippen MR) is 45.2 cm³/mol. The van der Waals surface area contributed by atoms with E-state index in [4.69, 9.17) is 5.73 Å². The van der Waals surface area contributed by atoms with Crippen LogP contribution in [0.3, 0.4) is 0 Å². The van der Waals surface area contributed by atoms with Crippen LogP contribution < -0.4 is 10.3 Å². The van der Waals surface area contributed by atoms with E-state index in [0.29, 0.717) is 13.0 Å². The summed E-state index contributed by atoms with van der Waals surface area (Å²) in [6, 6.07) is 3.97. The van der Waals surface area contributed by atoms with Gasteiger partial charge in [0, 0.05) is 11.6 Å². The largest absolute Gasteiger partial charge is 0.369 e. The van der Waals surface area contributed by atoms with Crippen LogP contribution in [0.15, 0.2) is 24.5 Å². The highest BCUT2D eigenvalue weighted by atomic mass is 16.1. The number of nitrogens with zero attached hydrogens (tertiary/aromatic N) is 1. The predicted octanol–water partition coefficient (Wildman–Crippen LogP) is 0.158. The standard InChI is InChI=1S/C9H12N2O/c1-8-3-2-5-11(7-8)6-4-9(10)12/h2-3,5,7H,4,6H2,1H3,(H-,10,12)/p+1. The van der Waals surface area contributed by atoms with Crippen molar-refractivity contribution in [2.75, 3.05) is 0 Å². The summed E-state index contributed by atoms with van der Waals surface area (Å²) in [5.74, 6) is -0.260. The highest BCUT2D eigenvalue weighted by Gasteiger charge is 2.02. The van der Waals surface area contributed by atoms with Crippen LogP contribution in [-0.2, 0) is 11.3 Å². The van der Waals surface area contributed by atoms with Gasteiger partial charge in [0.25, 0.3) is 0 Å². The number of hydrogen-bond acceptors (Lipinski definition) is 1. The summed E-state index contributed by atoms with van der Waals surface area (Å²) in [5, 5.41) is 0. The Hall–Kier alpha value is -1.38. The van der Waals surface area contributed by atoms with Crippen LogP contribution in [0.2, 0.25) is 0 Å². The van der Waals surface area contributed by atoms with Gasteiger partial charge in [0.15, 0.2) is 18.9 Å². The molecule has 0 fully saturated rings. The SMILES string of the molecule is Cc1ccc[n+](CCC(N)=O)c1. The first kappa shape index (κ1) is 8.71. The van der Waals surface area contributed by atoms with E-state index in [-0.39, 0.29) is 5.91 Å². The Balaban J connectivity index is 2.57. The molecule has 3 heteroatoms. The maximum Gasteiger partial charge on any atom is 0.223 e. The molecule has 1 heterocycles. The average Bonchev–Trinajstić information content (AvgIpc) is 2.01. The number of carbonyl (C=O) groups excluding carboxylic acids is 1. The Bertz CT molecular complexity index is 284. The second-order valence-corrected chi connectivity index (χ2v) is 2.84. The Labute approximate surface area is 71.8 Å². The van der Waals surface area contributed by atoms with Crippen molar-refractivity contribution in [2.24, 2.45) is 5.73 Å². The molecule has 0 bridgehead atoms. The third-order valence-electron chi connectivity index (χ3n) is 1.62. The van der Waals surface area contributed by atoms with Crippen LogP contribution in [0.4, 0.5) is 0 Å². The molecule has 0 aliphatic carbocycles. The Morgan fingerprint density at radius 3 is 3.00 bits per heavy atom. The molecule has 1 aromatic heterocycles. The van der Waals surface area contributed by atoms with Crippen LogP contribution >= 0.6 is 0 Å². The number of pyridine rings is 1. The van der Waals surface area contributed by atoms with E-state index < -0.39 is 0 Å². The van der Waals surface area contributed by atoms with Gasteiger partial charge in [-0.2, -0.15) is 0 Å². The normalized spacial score (nSPS) is 9.75. The van der Waals surface area contributed by atoms with Gasteiger partial charge in [-0.3, -0.25) is 4.79 Å². The molecule has 0 saturated carbocycles. The molecule has 0 radical (unpaired) electrons. The van der Waals surface area contributed by atoms with Crippen LogP contribution in [-0.4, -0.2) is 5.91 Å². The molecule has 0 aliphatic rings. The van der Waals surface area contributed by atoms with Gasteiger partial charge in [-0.1, -0.05) is 0 Å². The van der Waals surface area contributed by atoms with Gasteiger partial charge in [0.1, 0.15) is 0 Å². The number of aromatic nitrogens is 1. The summed E-state index contributed by atoms with van der Waals surface area (Å²) in [6.07, 6.45) is 4.31. The van der Waals surface area contributed by atoms with Crippen molar-refractivity contribution in [3.05, 3.63) is 30.1 Å². The van der Waals surface area contributed by atoms with Crippen molar-refractivity contribution < 1.29 is 9.36 Å². The van der Waals surface area contributed by atoms with Crippen molar-refractivity contribution in [1.29, 1.82) is 0 Å². The van der Waals surface area contributed by atoms with Crippen LogP contribution in [0.5, 0.6) is 0 Å². The number of primary amides is 1. The zero-order chi connectivity index (χ0) is 8.97. The fourth-order valence-electron chi connectivity index (χ4n) is 1.03. The Morgan fingerprint density at radius 1 is 1.67 bits per heavy atom. The monoisotopic (exact) mass is 165 g/mol. The number of rotatable bonds is 3. The number of aryl methyl sites for hydroxylation is 2. The first-order valence-corrected chi connectivity index (χ1v) is 3.92. The van der Waals surface area contributed by atoms with E-state index in [2.05, 4.69) is 0 Å². The topological polar surface area (TPSA) is 47.0 Å². The van der Waals surface area contributed by atoms with Crippen LogP contribution in [0, 0.1) is 6.92 Å². The van der Waals surface area contributed by atoms with Crippen molar-refractivity contribution in [3.63, 3.8) is 0 Å². The van der Waals surface area contributed by atoms with E-state index in [9.17, 15) is 4.79 Å². The van der Waals surface area contributed by atoms with Gasteiger partial charge < -0.3 is 5.73 Å². The molecular weight excluding hydrogens is 152 g/mol. The summed E-state index contributed by atoms with van der Waals surface area (Å²) in [5.41, 5.74) is 6.21. The van der Waals surface area contributed by atoms with Crippen LogP contribution in [0.1, 0.15) is 12.0 Å². The summed E-state index contributed by atoms with van der Waals surface area (Å²) in [6.45, 7) is 2.68. The van der Waals surface area contributed by atoms with Gasteiger partial charge in [-0.15, -0.1) is 0 Å². The first-order chi connectivity index (χ1) is 5.68. The number of nitrogens with two attached hydrogens (primary N) is 1. The molecule has 64 valence electrons. The highest BCUT2D eigenvalue weighted by molar-refractivity contribution is 5.73. The van der Waals surface area contributed by atoms with Gasteiger partial charge in [0.05, 0.1) is 6.42 Å². The minimum Gasteiger partial charge on any atom is -0.369 e. The molecule has 1 rings (SSSR count). The van der Waals surface area contributed by atoms with Crippen molar-refractivity contribution in [3.8, 4) is 0 Å². The number of amides is 1.